The number of aromatic nitrogens is 5. The number of hydrogen-bond donors (Lipinski definition) is 0. The molecule has 5 amide bonds. The zero-order chi connectivity index (χ0) is 92.2. The second-order valence-electron chi connectivity index (χ2n) is 38.0. The van der Waals surface area contributed by atoms with E-state index >= 15 is 0 Å². The van der Waals surface area contributed by atoms with Crippen LogP contribution in [0, 0.1) is 0 Å². The molecular weight excluding hydrogens is 1720 g/mol. The van der Waals surface area contributed by atoms with E-state index in [9.17, 15) is 24.0 Å². The van der Waals surface area contributed by atoms with Crippen molar-refractivity contribution < 1.29 is 70.9 Å². The fourth-order valence-corrected chi connectivity index (χ4v) is 22.0. The smallest absolute Gasteiger partial charge is 0.276 e. The van der Waals surface area contributed by atoms with Crippen molar-refractivity contribution in [3.8, 4) is 34.3 Å². The van der Waals surface area contributed by atoms with Crippen molar-refractivity contribution in [3.63, 3.8) is 0 Å². The number of rotatable bonds is 11. The quantitative estimate of drug-likeness (QED) is 0.116. The summed E-state index contributed by atoms with van der Waals surface area (Å²) in [7, 11) is 1.62. The lowest BCUT2D eigenvalue weighted by Gasteiger charge is -2.39. The summed E-state index contributed by atoms with van der Waals surface area (Å²) >= 11 is 0. The van der Waals surface area contributed by atoms with Crippen LogP contribution in [-0.4, -0.2) is 183 Å². The van der Waals surface area contributed by atoms with Crippen LogP contribution in [0.1, 0.15) is 228 Å². The number of piperidine rings is 5. The van der Waals surface area contributed by atoms with Gasteiger partial charge in [0, 0.05) is 118 Å². The Morgan fingerprint density at radius 1 is 0.360 bits per heavy atom. The molecule has 7 fully saturated rings. The van der Waals surface area contributed by atoms with E-state index < -0.39 is 0 Å². The normalized spacial score (nSPS) is 19.7. The molecule has 15 heterocycles. The Hall–Kier alpha value is -13.0. The molecule has 3 aromatic heterocycles. The van der Waals surface area contributed by atoms with Crippen molar-refractivity contribution in [2.75, 3.05) is 98.9 Å². The second-order valence-corrected chi connectivity index (χ2v) is 38.0. The number of carbonyl (C=O) groups excluding carboxylic acids is 5. The number of ether oxygens (including phenoxy) is 8. The Morgan fingerprint density at radius 3 is 1.12 bits per heavy atom. The van der Waals surface area contributed by atoms with Crippen LogP contribution < -0.4 is 14.2 Å². The third kappa shape index (κ3) is 18.5. The summed E-state index contributed by atoms with van der Waals surface area (Å²) in [5.74, 6) is 4.19. The predicted molar refractivity (Wildman–Crippen MR) is 506 cm³/mol. The highest BCUT2D eigenvalue weighted by Gasteiger charge is 2.49. The highest BCUT2D eigenvalue weighted by molar-refractivity contribution is 5.97. The molecule has 26 heteroatoms. The van der Waals surface area contributed by atoms with Gasteiger partial charge in [-0.05, 0) is 243 Å². The summed E-state index contributed by atoms with van der Waals surface area (Å²) in [5, 5.41) is 15.6. The number of fused-ring (bicyclic) bond motifs is 11. The Morgan fingerprint density at radius 2 is 0.721 bits per heavy atom. The van der Waals surface area contributed by atoms with Gasteiger partial charge in [-0.1, -0.05) is 157 Å². The van der Waals surface area contributed by atoms with Gasteiger partial charge in [0.25, 0.3) is 29.5 Å². The molecule has 9 aromatic carbocycles. The molecule has 0 radical (unpaired) electrons. The minimum atomic E-state index is -0.258. The van der Waals surface area contributed by atoms with E-state index in [1.54, 1.807) is 31.9 Å². The van der Waals surface area contributed by atoms with Gasteiger partial charge in [-0.25, -0.2) is 0 Å². The van der Waals surface area contributed by atoms with Crippen molar-refractivity contribution >= 4 is 29.5 Å². The maximum atomic E-state index is 13.1. The van der Waals surface area contributed by atoms with E-state index in [1.165, 1.54) is 100.0 Å². The van der Waals surface area contributed by atoms with Gasteiger partial charge in [0.15, 0.2) is 28.6 Å². The molecule has 5 spiro atoms. The number of carbonyl (C=O) groups is 5. The molecule has 0 unspecified atom stereocenters. The van der Waals surface area contributed by atoms with Crippen LogP contribution in [0.25, 0.3) is 17.0 Å². The lowest BCUT2D eigenvalue weighted by Crippen LogP contribution is -2.45. The first kappa shape index (κ1) is 89.6. The van der Waals surface area contributed by atoms with Crippen LogP contribution in [-0.2, 0) is 91.3 Å². The van der Waals surface area contributed by atoms with Crippen molar-refractivity contribution in [1.29, 1.82) is 0 Å². The number of nitrogens with zero attached hydrogens (tertiary/aromatic N) is 11. The summed E-state index contributed by atoms with van der Waals surface area (Å²) in [6.45, 7) is 14.8. The molecule has 0 bridgehead atoms. The van der Waals surface area contributed by atoms with Gasteiger partial charge in [-0.2, -0.15) is 0 Å². The number of likely N-dealkylation sites (tertiary alicyclic amines) is 6. The van der Waals surface area contributed by atoms with E-state index in [2.05, 4.69) is 153 Å². The first-order chi connectivity index (χ1) is 66.7. The van der Waals surface area contributed by atoms with Crippen LogP contribution in [0.3, 0.4) is 0 Å². The van der Waals surface area contributed by atoms with E-state index in [-0.39, 0.29) is 57.5 Å². The fourth-order valence-electron chi connectivity index (χ4n) is 22.0. The molecule has 700 valence electrons. The van der Waals surface area contributed by atoms with Gasteiger partial charge in [-0.15, -0.1) is 10.2 Å². The molecule has 6 saturated heterocycles. The summed E-state index contributed by atoms with van der Waals surface area (Å²) in [5.41, 5.74) is 17.8. The van der Waals surface area contributed by atoms with E-state index in [0.29, 0.717) is 144 Å². The van der Waals surface area contributed by atoms with Crippen molar-refractivity contribution in [2.45, 2.75) is 176 Å². The van der Waals surface area contributed by atoms with Gasteiger partial charge in [-0.3, -0.25) is 33.4 Å². The molecule has 26 nitrogen and oxygen atoms in total. The molecule has 0 N–H and O–H groups in total. The Bertz CT molecular complexity index is 6260. The number of benzene rings is 9. The van der Waals surface area contributed by atoms with Gasteiger partial charge >= 0.3 is 0 Å². The maximum absolute atomic E-state index is 13.1. The molecule has 0 atom stereocenters. The Kier molecular flexibility index (Phi) is 25.7. The minimum Gasteiger partial charge on any atom is -0.497 e. The summed E-state index contributed by atoms with van der Waals surface area (Å²) in [4.78, 5) is 76.6. The van der Waals surface area contributed by atoms with Crippen molar-refractivity contribution in [3.05, 3.63) is 332 Å². The summed E-state index contributed by atoms with van der Waals surface area (Å²) in [6.07, 6.45) is 19.3. The molecule has 1 aliphatic carbocycles. The molecule has 25 rings (SSSR count). The lowest BCUT2D eigenvalue weighted by molar-refractivity contribution is -0.0745. The first-order valence-electron chi connectivity index (χ1n) is 48.5. The topological polar surface area (TPSA) is 261 Å². The number of methoxy groups -OCH3 is 1. The van der Waals surface area contributed by atoms with E-state index in [4.69, 9.17) is 46.9 Å². The zero-order valence-electron chi connectivity index (χ0n) is 77.1. The fraction of sp³-hybridized carbons (Fsp3) is 0.391. The van der Waals surface area contributed by atoms with Crippen molar-refractivity contribution in [1.82, 2.24) is 54.5 Å². The van der Waals surface area contributed by atoms with Crippen LogP contribution in [0.15, 0.2) is 246 Å². The molecule has 136 heavy (non-hydrogen) atoms. The van der Waals surface area contributed by atoms with E-state index in [0.717, 1.165) is 125 Å². The van der Waals surface area contributed by atoms with Crippen molar-refractivity contribution in [2.24, 2.45) is 0 Å². The minimum absolute atomic E-state index is 0.0215. The number of amides is 5. The molecule has 13 aliphatic rings. The average molecular weight is 1830 g/mol. The maximum Gasteiger partial charge on any atom is 0.276 e. The first-order valence-corrected chi connectivity index (χ1v) is 48.5. The monoisotopic (exact) mass is 1830 g/mol. The third-order valence-electron chi connectivity index (χ3n) is 30.1. The van der Waals surface area contributed by atoms with Crippen LogP contribution in [0.5, 0.6) is 17.2 Å². The van der Waals surface area contributed by atoms with Crippen LogP contribution in [0.4, 0.5) is 0 Å². The standard InChI is InChI=1S/C26H32N2O2.C23H22N2O4.C21H20N4O2.C21H21NO4.C19H20N2O3/c29-25(22-11-9-21(10-12-22)19-27-15-5-1-2-6-16-27)28-17-13-26(14-18-28)24-8-4-3-7-23(24)20-30-26;1-27-18-8-6-16(7-9-18)21-14-20(24-29-21)22(26)25-12-10-23(11-13-25)19-5-3-2-4-17(19)15-28-23;26-20(16-5-7-18(8-6-16)25-14-22-23-15-25)24-11-9-21(10-12-24)19-4-2-1-3-17(19)13-27-21;23-20(15-5-6-18-19(13-15)25-12-11-24-18)22-9-7-21(8-10-22)17-4-2-1-3-16(17)14-26-21;22-18(16-11-17(24-20-16)13-5-6-13)21-9-7-19(8-10-21)15-4-2-1-3-14(15)12-23-19/h3-4,7-12H,1-2,5-6,13-20H2;2-9,14H,10-13,15H2,1H3;1-8,14-15H,9-13H2;1-6,13H,7-12,14H2;1-4,11,13H,5-10,12H2. The van der Waals surface area contributed by atoms with E-state index in [1.807, 2.05) is 114 Å². The average Bonchev–Trinajstić information content (AvgIpc) is 1.64. The SMILES string of the molecule is COc1ccc(-c2cc(C(=O)N3CCC4(CC3)OCc3ccccc34)no2)cc1.O=C(c1cc(C2CC2)on1)N1CCC2(CC1)OCc1ccccc12.O=C(c1ccc(-n2cnnc2)cc1)N1CCC2(CC1)OCc1ccccc12.O=C(c1ccc(CN2CCCCCC2)cc1)N1CCC2(CC1)OCc1ccccc12.O=C(c1ccc2c(c1)OCCO2)N1CCC2(CC1)OCc1ccccc12. The van der Waals surface area contributed by atoms with Gasteiger partial charge < -0.3 is 71.4 Å². The zero-order valence-corrected chi connectivity index (χ0v) is 77.1. The Balaban J connectivity index is 0.000000102. The largest absolute Gasteiger partial charge is 0.497 e. The van der Waals surface area contributed by atoms with Gasteiger partial charge in [0.1, 0.15) is 37.4 Å². The molecule has 12 aliphatic heterocycles. The summed E-state index contributed by atoms with van der Waals surface area (Å²) in [6, 6.07) is 74.5. The van der Waals surface area contributed by atoms with Crippen LogP contribution >= 0.6 is 0 Å². The lowest BCUT2D eigenvalue weighted by atomic mass is 9.83. The number of hydrogen-bond acceptors (Lipinski definition) is 20. The van der Waals surface area contributed by atoms with Crippen LogP contribution in [0.2, 0.25) is 0 Å². The van der Waals surface area contributed by atoms with Gasteiger partial charge in [0.2, 0.25) is 0 Å². The molecular formula is C110H115N11O15. The highest BCUT2D eigenvalue weighted by Crippen LogP contribution is 2.51. The predicted octanol–water partition coefficient (Wildman–Crippen LogP) is 18.0. The second kappa shape index (κ2) is 39.0. The molecule has 12 aromatic rings. The highest BCUT2D eigenvalue weighted by atomic mass is 16.6. The third-order valence-corrected chi connectivity index (χ3v) is 30.1. The summed E-state index contributed by atoms with van der Waals surface area (Å²) < 4.78 is 59.8. The van der Waals surface area contributed by atoms with Gasteiger partial charge in [0.05, 0.1) is 68.1 Å². The molecule has 1 saturated carbocycles. The Labute approximate surface area is 792 Å².